The third-order valence-corrected chi connectivity index (χ3v) is 2.54. The second kappa shape index (κ2) is 5.58. The Morgan fingerprint density at radius 2 is 2.00 bits per heavy atom. The molecule has 1 heteroatoms. The molecular formula is C13H20O. The van der Waals surface area contributed by atoms with Crippen LogP contribution < -0.4 is 0 Å². The number of carbonyl (C=O) groups is 1. The third kappa shape index (κ3) is 3.73. The molecule has 0 N–H and O–H groups in total. The Hall–Kier alpha value is -1.11. The van der Waals surface area contributed by atoms with Crippen LogP contribution in [0.2, 0.25) is 0 Å². The summed E-state index contributed by atoms with van der Waals surface area (Å²) in [5.74, 6) is 0. The van der Waals surface area contributed by atoms with Crippen molar-refractivity contribution >= 4 is 6.29 Å². The Morgan fingerprint density at radius 1 is 1.43 bits per heavy atom. The van der Waals surface area contributed by atoms with E-state index in [0.717, 1.165) is 19.1 Å². The molecule has 78 valence electrons. The van der Waals surface area contributed by atoms with E-state index in [2.05, 4.69) is 33.1 Å². The van der Waals surface area contributed by atoms with Crippen molar-refractivity contribution < 1.29 is 4.79 Å². The molecule has 1 unspecified atom stereocenters. The molecule has 0 heterocycles. The second-order valence-electron chi connectivity index (χ2n) is 4.08. The van der Waals surface area contributed by atoms with Crippen LogP contribution >= 0.6 is 0 Å². The van der Waals surface area contributed by atoms with E-state index < -0.39 is 0 Å². The predicted molar refractivity (Wildman–Crippen MR) is 62.2 cm³/mol. The lowest BCUT2D eigenvalue weighted by Crippen LogP contribution is -2.16. The highest BCUT2D eigenvalue weighted by Gasteiger charge is 2.22. The van der Waals surface area contributed by atoms with Crippen molar-refractivity contribution in [2.75, 3.05) is 0 Å². The average molecular weight is 192 g/mol. The van der Waals surface area contributed by atoms with Gasteiger partial charge in [0.15, 0.2) is 0 Å². The maximum atomic E-state index is 10.6. The van der Waals surface area contributed by atoms with Gasteiger partial charge < -0.3 is 0 Å². The van der Waals surface area contributed by atoms with Crippen molar-refractivity contribution in [2.24, 2.45) is 5.41 Å². The van der Waals surface area contributed by atoms with Crippen LogP contribution in [0.5, 0.6) is 0 Å². The Kier molecular flexibility index (Phi) is 5.14. The maximum Gasteiger partial charge on any atom is 0.146 e. The molecule has 0 saturated heterocycles. The first kappa shape index (κ1) is 12.9. The maximum absolute atomic E-state index is 10.6. The molecule has 0 rings (SSSR count). The normalized spacial score (nSPS) is 13.9. The summed E-state index contributed by atoms with van der Waals surface area (Å²) in [5, 5.41) is 0. The molecule has 0 radical (unpaired) electrons. The summed E-state index contributed by atoms with van der Waals surface area (Å²) in [6.07, 6.45) is 6.64. The van der Waals surface area contributed by atoms with Gasteiger partial charge >= 0.3 is 0 Å². The van der Waals surface area contributed by atoms with E-state index in [0.29, 0.717) is 5.57 Å². The smallest absolute Gasteiger partial charge is 0.146 e. The van der Waals surface area contributed by atoms with Crippen LogP contribution in [0, 0.1) is 5.41 Å². The molecule has 0 aliphatic heterocycles. The van der Waals surface area contributed by atoms with Gasteiger partial charge in [0.1, 0.15) is 6.29 Å². The fourth-order valence-electron chi connectivity index (χ4n) is 1.19. The molecule has 0 aliphatic rings. The number of rotatable bonds is 6. The highest BCUT2D eigenvalue weighted by molar-refractivity contribution is 5.75. The van der Waals surface area contributed by atoms with Gasteiger partial charge in [0.2, 0.25) is 0 Å². The lowest BCUT2D eigenvalue weighted by Gasteiger charge is -2.24. The largest absolute Gasteiger partial charge is 0.298 e. The summed E-state index contributed by atoms with van der Waals surface area (Å²) >= 11 is 0. The summed E-state index contributed by atoms with van der Waals surface area (Å²) < 4.78 is 0. The van der Waals surface area contributed by atoms with Crippen molar-refractivity contribution in [2.45, 2.75) is 33.6 Å². The van der Waals surface area contributed by atoms with Gasteiger partial charge in [-0.25, -0.2) is 0 Å². The van der Waals surface area contributed by atoms with E-state index in [9.17, 15) is 4.79 Å². The first-order valence-electron chi connectivity index (χ1n) is 4.88. The number of allylic oxidation sites excluding steroid dienone is 4. The quantitative estimate of drug-likeness (QED) is 0.356. The lowest BCUT2D eigenvalue weighted by molar-refractivity contribution is -0.105. The highest BCUT2D eigenvalue weighted by atomic mass is 16.1. The zero-order chi connectivity index (χ0) is 11.2. The number of aldehydes is 1. The Labute approximate surface area is 87.2 Å². The third-order valence-electron chi connectivity index (χ3n) is 2.54. The molecule has 14 heavy (non-hydrogen) atoms. The number of hydrogen-bond acceptors (Lipinski definition) is 1. The molecule has 0 aromatic rings. The average Bonchev–Trinajstić information content (AvgIpc) is 2.15. The summed E-state index contributed by atoms with van der Waals surface area (Å²) in [5.41, 5.74) is 1.65. The molecule has 0 spiro atoms. The fourth-order valence-corrected chi connectivity index (χ4v) is 1.19. The van der Waals surface area contributed by atoms with Gasteiger partial charge in [-0.15, -0.1) is 6.58 Å². The minimum Gasteiger partial charge on any atom is -0.298 e. The van der Waals surface area contributed by atoms with Crippen molar-refractivity contribution in [1.82, 2.24) is 0 Å². The second-order valence-corrected chi connectivity index (χ2v) is 4.08. The van der Waals surface area contributed by atoms with E-state index >= 15 is 0 Å². The zero-order valence-corrected chi connectivity index (χ0v) is 9.47. The van der Waals surface area contributed by atoms with Gasteiger partial charge in [-0.2, -0.15) is 0 Å². The van der Waals surface area contributed by atoms with Crippen molar-refractivity contribution in [3.8, 4) is 0 Å². The van der Waals surface area contributed by atoms with Gasteiger partial charge in [0.25, 0.3) is 0 Å². The Bertz CT molecular complexity index is 256. The van der Waals surface area contributed by atoms with Crippen LogP contribution in [0.25, 0.3) is 0 Å². The van der Waals surface area contributed by atoms with Gasteiger partial charge in [-0.05, 0) is 32.3 Å². The standard InChI is InChI=1S/C13H20O/c1-6-13(5,12(4)10-14)9-7-8-11(2)3/h6,8,10H,1,4,7,9H2,2-3,5H3. The summed E-state index contributed by atoms with van der Waals surface area (Å²) in [4.78, 5) is 10.6. The molecular weight excluding hydrogens is 172 g/mol. The monoisotopic (exact) mass is 192 g/mol. The zero-order valence-electron chi connectivity index (χ0n) is 9.47. The van der Waals surface area contributed by atoms with E-state index in [-0.39, 0.29) is 5.41 Å². The van der Waals surface area contributed by atoms with Crippen LogP contribution in [-0.2, 0) is 4.79 Å². The Morgan fingerprint density at radius 3 is 2.36 bits per heavy atom. The molecule has 1 atom stereocenters. The molecule has 0 aliphatic carbocycles. The SMILES string of the molecule is C=CC(C)(CCC=C(C)C)C(=C)C=O. The van der Waals surface area contributed by atoms with Crippen molar-refractivity contribution in [3.63, 3.8) is 0 Å². The van der Waals surface area contributed by atoms with Crippen molar-refractivity contribution in [3.05, 3.63) is 36.5 Å². The molecule has 0 aromatic heterocycles. The van der Waals surface area contributed by atoms with Crippen LogP contribution in [-0.4, -0.2) is 6.29 Å². The van der Waals surface area contributed by atoms with E-state index in [4.69, 9.17) is 0 Å². The van der Waals surface area contributed by atoms with Crippen LogP contribution in [0.3, 0.4) is 0 Å². The molecule has 1 nitrogen and oxygen atoms in total. The minimum absolute atomic E-state index is 0.256. The Balaban J connectivity index is 4.41. The van der Waals surface area contributed by atoms with E-state index in [1.165, 1.54) is 5.57 Å². The fraction of sp³-hybridized carbons (Fsp3) is 0.462. The van der Waals surface area contributed by atoms with E-state index in [1.807, 2.05) is 13.0 Å². The molecule has 0 aromatic carbocycles. The highest BCUT2D eigenvalue weighted by Crippen LogP contribution is 2.31. The summed E-state index contributed by atoms with van der Waals surface area (Å²) in [7, 11) is 0. The minimum atomic E-state index is -0.256. The van der Waals surface area contributed by atoms with Gasteiger partial charge in [0, 0.05) is 5.41 Å². The molecule has 0 bridgehead atoms. The summed E-state index contributed by atoms with van der Waals surface area (Å²) in [6, 6.07) is 0. The molecule has 0 amide bonds. The number of hydrogen-bond donors (Lipinski definition) is 0. The lowest BCUT2D eigenvalue weighted by atomic mass is 9.79. The van der Waals surface area contributed by atoms with Crippen LogP contribution in [0.15, 0.2) is 36.5 Å². The summed E-state index contributed by atoms with van der Waals surface area (Å²) in [6.45, 7) is 13.6. The first-order valence-corrected chi connectivity index (χ1v) is 4.88. The van der Waals surface area contributed by atoms with Crippen LogP contribution in [0.1, 0.15) is 33.6 Å². The van der Waals surface area contributed by atoms with E-state index in [1.54, 1.807) is 0 Å². The van der Waals surface area contributed by atoms with Gasteiger partial charge in [-0.1, -0.05) is 31.2 Å². The van der Waals surface area contributed by atoms with Gasteiger partial charge in [-0.3, -0.25) is 4.79 Å². The van der Waals surface area contributed by atoms with Gasteiger partial charge in [0.05, 0.1) is 0 Å². The topological polar surface area (TPSA) is 17.1 Å². The number of carbonyl (C=O) groups excluding carboxylic acids is 1. The molecule has 0 fully saturated rings. The molecule has 0 saturated carbocycles. The first-order chi connectivity index (χ1) is 6.46. The van der Waals surface area contributed by atoms with Crippen LogP contribution in [0.4, 0.5) is 0 Å². The predicted octanol–water partition coefficient (Wildman–Crippen LogP) is 3.68. The van der Waals surface area contributed by atoms with Crippen molar-refractivity contribution in [1.29, 1.82) is 0 Å².